The molecule has 100 valence electrons. The first-order chi connectivity index (χ1) is 8.20. The van der Waals surface area contributed by atoms with E-state index in [0.717, 1.165) is 18.2 Å². The fraction of sp³-hybridized carbons (Fsp3) is 0.364. The van der Waals surface area contributed by atoms with Crippen LogP contribution in [0.5, 0.6) is 0 Å². The van der Waals surface area contributed by atoms with Gasteiger partial charge in [0.25, 0.3) is 0 Å². The molecule has 1 N–H and O–H groups in total. The second-order valence-corrected chi connectivity index (χ2v) is 4.20. The predicted octanol–water partition coefficient (Wildman–Crippen LogP) is 3.67. The molecule has 1 rings (SSSR count). The van der Waals surface area contributed by atoms with E-state index in [0.29, 0.717) is 0 Å². The number of halogens is 5. The average Bonchev–Trinajstić information content (AvgIpc) is 2.20. The summed E-state index contributed by atoms with van der Waals surface area (Å²) >= 11 is 5.44. The van der Waals surface area contributed by atoms with Gasteiger partial charge >= 0.3 is 12.1 Å². The molecule has 1 aromatic rings. The van der Waals surface area contributed by atoms with E-state index in [-0.39, 0.29) is 10.6 Å². The fourth-order valence-electron chi connectivity index (χ4n) is 1.47. The first kappa shape index (κ1) is 14.8. The molecular weight excluding hydrogens is 276 g/mol. The third-order valence-electron chi connectivity index (χ3n) is 2.35. The number of carboxylic acid groups (broad SMARTS) is 1. The van der Waals surface area contributed by atoms with E-state index in [1.807, 2.05) is 0 Å². The van der Waals surface area contributed by atoms with Gasteiger partial charge in [0.2, 0.25) is 0 Å². The molecule has 1 unspecified atom stereocenters. The van der Waals surface area contributed by atoms with Crippen molar-refractivity contribution in [1.82, 2.24) is 0 Å². The molecule has 0 aliphatic rings. The molecule has 0 amide bonds. The topological polar surface area (TPSA) is 37.3 Å². The van der Waals surface area contributed by atoms with Crippen LogP contribution >= 0.6 is 11.6 Å². The van der Waals surface area contributed by atoms with E-state index < -0.39 is 36.7 Å². The minimum atomic E-state index is -4.63. The lowest BCUT2D eigenvalue weighted by Gasteiger charge is -2.18. The van der Waals surface area contributed by atoms with Crippen molar-refractivity contribution in [3.63, 3.8) is 0 Å². The largest absolute Gasteiger partial charge is 0.481 e. The van der Waals surface area contributed by atoms with Crippen LogP contribution in [0.1, 0.15) is 12.0 Å². The summed E-state index contributed by atoms with van der Waals surface area (Å²) in [4.78, 5) is 10.4. The van der Waals surface area contributed by atoms with E-state index in [2.05, 4.69) is 0 Å². The van der Waals surface area contributed by atoms with Crippen molar-refractivity contribution >= 4 is 17.6 Å². The molecule has 18 heavy (non-hydrogen) atoms. The first-order valence-electron chi connectivity index (χ1n) is 4.92. The van der Waals surface area contributed by atoms with Crippen molar-refractivity contribution in [2.24, 2.45) is 5.92 Å². The third kappa shape index (κ3) is 4.18. The normalized spacial score (nSPS) is 13.4. The number of alkyl halides is 3. The molecular formula is C11H9ClF4O2. The van der Waals surface area contributed by atoms with Gasteiger partial charge in [-0.3, -0.25) is 4.79 Å². The van der Waals surface area contributed by atoms with Crippen molar-refractivity contribution in [2.75, 3.05) is 0 Å². The summed E-state index contributed by atoms with van der Waals surface area (Å²) in [6.45, 7) is 0. The van der Waals surface area contributed by atoms with E-state index >= 15 is 0 Å². The molecule has 0 bridgehead atoms. The van der Waals surface area contributed by atoms with Crippen LogP contribution in [0.4, 0.5) is 17.6 Å². The molecule has 0 spiro atoms. The summed E-state index contributed by atoms with van der Waals surface area (Å²) in [5.74, 6) is -4.29. The first-order valence-corrected chi connectivity index (χ1v) is 5.30. The number of hydrogen-bond donors (Lipinski definition) is 1. The van der Waals surface area contributed by atoms with Crippen LogP contribution in [0.3, 0.4) is 0 Å². The van der Waals surface area contributed by atoms with Crippen LogP contribution in [0.25, 0.3) is 0 Å². The summed E-state index contributed by atoms with van der Waals surface area (Å²) in [6.07, 6.45) is -6.20. The zero-order valence-corrected chi connectivity index (χ0v) is 9.72. The Bertz CT molecular complexity index is 445. The smallest absolute Gasteiger partial charge is 0.392 e. The van der Waals surface area contributed by atoms with Crippen molar-refractivity contribution in [2.45, 2.75) is 19.0 Å². The van der Waals surface area contributed by atoms with Crippen LogP contribution in [-0.4, -0.2) is 17.3 Å². The van der Waals surface area contributed by atoms with Crippen molar-refractivity contribution in [3.05, 3.63) is 34.6 Å². The van der Waals surface area contributed by atoms with Crippen LogP contribution in [0.15, 0.2) is 18.2 Å². The molecule has 2 nitrogen and oxygen atoms in total. The molecule has 0 fully saturated rings. The molecule has 7 heteroatoms. The summed E-state index contributed by atoms with van der Waals surface area (Å²) < 4.78 is 50.6. The summed E-state index contributed by atoms with van der Waals surface area (Å²) in [5, 5.41) is 8.15. The fourth-order valence-corrected chi connectivity index (χ4v) is 1.67. The highest BCUT2D eigenvalue weighted by molar-refractivity contribution is 6.30. The maximum atomic E-state index is 12.8. The van der Waals surface area contributed by atoms with Crippen molar-refractivity contribution in [1.29, 1.82) is 0 Å². The molecule has 0 aliphatic heterocycles. The van der Waals surface area contributed by atoms with Gasteiger partial charge in [0.15, 0.2) is 0 Å². The highest BCUT2D eigenvalue weighted by Crippen LogP contribution is 2.32. The van der Waals surface area contributed by atoms with Gasteiger partial charge in [0.1, 0.15) is 5.82 Å². The van der Waals surface area contributed by atoms with Gasteiger partial charge < -0.3 is 5.11 Å². The Morgan fingerprint density at radius 1 is 1.39 bits per heavy atom. The number of carbonyl (C=O) groups is 1. The van der Waals surface area contributed by atoms with Gasteiger partial charge in [0, 0.05) is 0 Å². The SMILES string of the molecule is O=C(O)CC(Cc1ccc(F)c(Cl)c1)C(F)(F)F. The molecule has 0 heterocycles. The predicted molar refractivity (Wildman–Crippen MR) is 56.9 cm³/mol. The Morgan fingerprint density at radius 2 is 2.00 bits per heavy atom. The van der Waals surface area contributed by atoms with Crippen LogP contribution in [-0.2, 0) is 11.2 Å². The standard InChI is InChI=1S/C11H9ClF4O2/c12-8-4-6(1-2-9(8)13)3-7(5-10(17)18)11(14,15)16/h1-2,4,7H,3,5H2,(H,17,18). The highest BCUT2D eigenvalue weighted by Gasteiger charge is 2.40. The third-order valence-corrected chi connectivity index (χ3v) is 2.64. The zero-order chi connectivity index (χ0) is 13.9. The van der Waals surface area contributed by atoms with Gasteiger partial charge in [-0.05, 0) is 24.1 Å². The van der Waals surface area contributed by atoms with Gasteiger partial charge in [-0.2, -0.15) is 13.2 Å². The van der Waals surface area contributed by atoms with Crippen LogP contribution in [0.2, 0.25) is 5.02 Å². The van der Waals surface area contributed by atoms with Gasteiger partial charge in [-0.1, -0.05) is 17.7 Å². The molecule has 0 saturated carbocycles. The second kappa shape index (κ2) is 5.56. The van der Waals surface area contributed by atoms with Crippen LogP contribution in [0, 0.1) is 11.7 Å². The molecule has 1 atom stereocenters. The number of benzene rings is 1. The molecule has 1 aromatic carbocycles. The quantitative estimate of drug-likeness (QED) is 0.857. The lowest BCUT2D eigenvalue weighted by atomic mass is 9.95. The molecule has 0 saturated heterocycles. The average molecular weight is 285 g/mol. The minimum Gasteiger partial charge on any atom is -0.481 e. The Hall–Kier alpha value is -1.30. The maximum absolute atomic E-state index is 12.8. The van der Waals surface area contributed by atoms with E-state index in [1.54, 1.807) is 0 Å². The van der Waals surface area contributed by atoms with Gasteiger partial charge in [0.05, 0.1) is 17.4 Å². The highest BCUT2D eigenvalue weighted by atomic mass is 35.5. The van der Waals surface area contributed by atoms with Crippen molar-refractivity contribution in [3.8, 4) is 0 Å². The number of carboxylic acids is 1. The molecule has 0 aliphatic carbocycles. The second-order valence-electron chi connectivity index (χ2n) is 3.79. The Labute approximate surface area is 105 Å². The minimum absolute atomic E-state index is 0.143. The molecule has 0 aromatic heterocycles. The Balaban J connectivity index is 2.89. The van der Waals surface area contributed by atoms with Gasteiger partial charge in [-0.15, -0.1) is 0 Å². The lowest BCUT2D eigenvalue weighted by Crippen LogP contribution is -2.27. The van der Waals surface area contributed by atoms with E-state index in [9.17, 15) is 22.4 Å². The summed E-state index contributed by atoms with van der Waals surface area (Å²) in [6, 6.07) is 3.17. The summed E-state index contributed by atoms with van der Waals surface area (Å²) in [5.41, 5.74) is 0.143. The van der Waals surface area contributed by atoms with Gasteiger partial charge in [-0.25, -0.2) is 4.39 Å². The lowest BCUT2D eigenvalue weighted by molar-refractivity contribution is -0.182. The zero-order valence-electron chi connectivity index (χ0n) is 8.97. The maximum Gasteiger partial charge on any atom is 0.392 e. The van der Waals surface area contributed by atoms with E-state index in [4.69, 9.17) is 16.7 Å². The van der Waals surface area contributed by atoms with Crippen LogP contribution < -0.4 is 0 Å². The number of aliphatic carboxylic acids is 1. The van der Waals surface area contributed by atoms with Crippen molar-refractivity contribution < 1.29 is 27.5 Å². The monoisotopic (exact) mass is 284 g/mol. The number of rotatable bonds is 4. The Morgan fingerprint density at radius 3 is 2.44 bits per heavy atom. The molecule has 0 radical (unpaired) electrons. The number of hydrogen-bond acceptors (Lipinski definition) is 1. The van der Waals surface area contributed by atoms with E-state index in [1.165, 1.54) is 0 Å². The Kier molecular flexibility index (Phi) is 4.56. The summed E-state index contributed by atoms with van der Waals surface area (Å²) in [7, 11) is 0.